The van der Waals surface area contributed by atoms with Crippen LogP contribution in [0.25, 0.3) is 0 Å². The highest BCUT2D eigenvalue weighted by Gasteiger charge is 2.40. The molecule has 0 amide bonds. The molecular formula is C12H12FN3O4. The molecule has 0 radical (unpaired) electrons. The highest BCUT2D eigenvalue weighted by molar-refractivity contribution is 5.47. The van der Waals surface area contributed by atoms with Gasteiger partial charge in [-0.15, -0.1) is 6.42 Å². The van der Waals surface area contributed by atoms with Gasteiger partial charge in [0, 0.05) is 11.8 Å². The molecule has 7 nitrogen and oxygen atoms in total. The molecule has 3 atom stereocenters. The molecule has 0 aromatic carbocycles. The van der Waals surface area contributed by atoms with Crippen molar-refractivity contribution in [1.82, 2.24) is 9.55 Å². The van der Waals surface area contributed by atoms with E-state index in [0.717, 1.165) is 4.57 Å². The first-order chi connectivity index (χ1) is 9.53. The van der Waals surface area contributed by atoms with Crippen molar-refractivity contribution in [3.05, 3.63) is 34.1 Å². The van der Waals surface area contributed by atoms with Gasteiger partial charge in [0.25, 0.3) is 0 Å². The van der Waals surface area contributed by atoms with Gasteiger partial charge < -0.3 is 20.7 Å². The average Bonchev–Trinajstić information content (AvgIpc) is 2.75. The SMILES string of the molecule is C#Cc1cn(C2OC(CO)C(O)/C2=C\F)c(=O)nc1N. The van der Waals surface area contributed by atoms with Gasteiger partial charge in [-0.1, -0.05) is 5.92 Å². The smallest absolute Gasteiger partial charge is 0.351 e. The van der Waals surface area contributed by atoms with Gasteiger partial charge in [-0.05, 0) is 0 Å². The van der Waals surface area contributed by atoms with E-state index < -0.39 is 30.7 Å². The molecule has 4 N–H and O–H groups in total. The first-order valence-corrected chi connectivity index (χ1v) is 5.63. The number of hydrogen-bond donors (Lipinski definition) is 3. The number of hydrogen-bond acceptors (Lipinski definition) is 6. The molecule has 2 heterocycles. The van der Waals surface area contributed by atoms with E-state index in [0.29, 0.717) is 0 Å². The number of terminal acetylenes is 1. The van der Waals surface area contributed by atoms with Crippen LogP contribution in [0.1, 0.15) is 11.8 Å². The molecule has 1 fully saturated rings. The summed E-state index contributed by atoms with van der Waals surface area (Å²) in [5.74, 6) is 2.10. The van der Waals surface area contributed by atoms with E-state index >= 15 is 0 Å². The number of anilines is 1. The van der Waals surface area contributed by atoms with Crippen LogP contribution in [-0.4, -0.2) is 38.6 Å². The quantitative estimate of drug-likeness (QED) is 0.594. The van der Waals surface area contributed by atoms with Crippen molar-refractivity contribution >= 4 is 5.82 Å². The molecule has 0 spiro atoms. The summed E-state index contributed by atoms with van der Waals surface area (Å²) in [5, 5.41) is 18.8. The normalized spacial score (nSPS) is 27.7. The molecule has 1 aromatic rings. The van der Waals surface area contributed by atoms with Gasteiger partial charge in [0.05, 0.1) is 18.5 Å². The van der Waals surface area contributed by atoms with Gasteiger partial charge in [-0.2, -0.15) is 4.98 Å². The fourth-order valence-electron chi connectivity index (χ4n) is 1.93. The highest BCUT2D eigenvalue weighted by atomic mass is 19.1. The van der Waals surface area contributed by atoms with Crippen molar-refractivity contribution in [3.63, 3.8) is 0 Å². The number of aromatic nitrogens is 2. The molecule has 0 saturated carbocycles. The minimum atomic E-state index is -1.37. The summed E-state index contributed by atoms with van der Waals surface area (Å²) >= 11 is 0. The lowest BCUT2D eigenvalue weighted by Gasteiger charge is -2.15. The second-order valence-electron chi connectivity index (χ2n) is 4.14. The van der Waals surface area contributed by atoms with E-state index in [9.17, 15) is 14.3 Å². The summed E-state index contributed by atoms with van der Waals surface area (Å²) in [7, 11) is 0. The van der Waals surface area contributed by atoms with Crippen molar-refractivity contribution in [3.8, 4) is 12.3 Å². The molecular weight excluding hydrogens is 269 g/mol. The van der Waals surface area contributed by atoms with Crippen LogP contribution in [0.5, 0.6) is 0 Å². The summed E-state index contributed by atoms with van der Waals surface area (Å²) in [4.78, 5) is 15.3. The largest absolute Gasteiger partial charge is 0.394 e. The Bertz CT molecular complexity index is 649. The van der Waals surface area contributed by atoms with Crippen LogP contribution in [0.4, 0.5) is 10.2 Å². The zero-order valence-electron chi connectivity index (χ0n) is 10.2. The number of aliphatic hydroxyl groups excluding tert-OH is 2. The third-order valence-electron chi connectivity index (χ3n) is 2.98. The molecule has 8 heteroatoms. The minimum Gasteiger partial charge on any atom is -0.394 e. The molecule has 1 aliphatic rings. The monoisotopic (exact) mass is 281 g/mol. The van der Waals surface area contributed by atoms with Gasteiger partial charge >= 0.3 is 5.69 Å². The van der Waals surface area contributed by atoms with Crippen molar-refractivity contribution in [2.24, 2.45) is 0 Å². The van der Waals surface area contributed by atoms with Gasteiger partial charge in [0.15, 0.2) is 6.23 Å². The second kappa shape index (κ2) is 5.42. The Labute approximate surface area is 113 Å². The number of nitrogens with two attached hydrogens (primary N) is 1. The molecule has 0 bridgehead atoms. The van der Waals surface area contributed by atoms with Gasteiger partial charge in [-0.25, -0.2) is 9.18 Å². The maximum atomic E-state index is 12.9. The number of ether oxygens (including phenoxy) is 1. The van der Waals surface area contributed by atoms with Gasteiger partial charge in [0.1, 0.15) is 18.0 Å². The number of nitrogen functional groups attached to an aromatic ring is 1. The Morgan fingerprint density at radius 3 is 2.95 bits per heavy atom. The summed E-state index contributed by atoms with van der Waals surface area (Å²) < 4.78 is 19.1. The van der Waals surface area contributed by atoms with E-state index in [2.05, 4.69) is 10.9 Å². The number of rotatable bonds is 2. The molecule has 106 valence electrons. The maximum absolute atomic E-state index is 12.9. The first kappa shape index (κ1) is 14.2. The fraction of sp³-hybridized carbons (Fsp3) is 0.333. The zero-order chi connectivity index (χ0) is 14.9. The van der Waals surface area contributed by atoms with Crippen LogP contribution in [0.3, 0.4) is 0 Å². The van der Waals surface area contributed by atoms with Crippen LogP contribution in [0.15, 0.2) is 22.9 Å². The Morgan fingerprint density at radius 2 is 2.40 bits per heavy atom. The Balaban J connectivity index is 2.52. The molecule has 0 aliphatic carbocycles. The standard InChI is InChI=1S/C12H12FN3O4/c1-2-6-4-16(12(19)15-10(6)14)11-7(3-13)9(18)8(5-17)20-11/h1,3-4,8-9,11,17-18H,5H2,(H2,14,15,19)/b7-3+. The van der Waals surface area contributed by atoms with Crippen LogP contribution < -0.4 is 11.4 Å². The first-order valence-electron chi connectivity index (χ1n) is 5.63. The van der Waals surface area contributed by atoms with E-state index in [1.807, 2.05) is 0 Å². The van der Waals surface area contributed by atoms with Crippen molar-refractivity contribution < 1.29 is 19.3 Å². The van der Waals surface area contributed by atoms with Gasteiger partial charge in [0.2, 0.25) is 0 Å². The molecule has 3 unspecified atom stereocenters. The van der Waals surface area contributed by atoms with Crippen LogP contribution >= 0.6 is 0 Å². The Kier molecular flexibility index (Phi) is 3.85. The van der Waals surface area contributed by atoms with E-state index in [-0.39, 0.29) is 23.3 Å². The predicted octanol–water partition coefficient (Wildman–Crippen LogP) is -1.09. The third kappa shape index (κ3) is 2.18. The highest BCUT2D eigenvalue weighted by Crippen LogP contribution is 2.33. The lowest BCUT2D eigenvalue weighted by molar-refractivity contribution is -0.0447. The van der Waals surface area contributed by atoms with Crippen molar-refractivity contribution in [2.45, 2.75) is 18.4 Å². The zero-order valence-corrected chi connectivity index (χ0v) is 10.2. The van der Waals surface area contributed by atoms with Crippen molar-refractivity contribution in [2.75, 3.05) is 12.3 Å². The minimum absolute atomic E-state index is 0.128. The summed E-state index contributed by atoms with van der Waals surface area (Å²) in [6.45, 7) is -0.534. The number of nitrogens with zero attached hydrogens (tertiary/aromatic N) is 2. The van der Waals surface area contributed by atoms with E-state index in [4.69, 9.17) is 22.0 Å². The summed E-state index contributed by atoms with van der Waals surface area (Å²) in [6.07, 6.45) is 2.88. The lowest BCUT2D eigenvalue weighted by Crippen LogP contribution is -2.29. The molecule has 1 aliphatic heterocycles. The van der Waals surface area contributed by atoms with Gasteiger partial charge in [-0.3, -0.25) is 4.57 Å². The topological polar surface area (TPSA) is 111 Å². The molecule has 1 aromatic heterocycles. The molecule has 2 rings (SSSR count). The summed E-state index contributed by atoms with van der Waals surface area (Å²) in [6, 6.07) is 0. The van der Waals surface area contributed by atoms with Crippen molar-refractivity contribution in [1.29, 1.82) is 0 Å². The van der Waals surface area contributed by atoms with Crippen LogP contribution in [-0.2, 0) is 4.74 Å². The predicted molar refractivity (Wildman–Crippen MR) is 67.0 cm³/mol. The summed E-state index contributed by atoms with van der Waals surface area (Å²) in [5.41, 5.74) is 4.58. The Morgan fingerprint density at radius 1 is 1.70 bits per heavy atom. The third-order valence-corrected chi connectivity index (χ3v) is 2.98. The molecule has 20 heavy (non-hydrogen) atoms. The van der Waals surface area contributed by atoms with E-state index in [1.165, 1.54) is 6.20 Å². The number of halogens is 1. The fourth-order valence-corrected chi connectivity index (χ4v) is 1.93. The lowest BCUT2D eigenvalue weighted by atomic mass is 10.1. The van der Waals surface area contributed by atoms with E-state index in [1.54, 1.807) is 0 Å². The van der Waals surface area contributed by atoms with Crippen LogP contribution in [0.2, 0.25) is 0 Å². The average molecular weight is 281 g/mol. The maximum Gasteiger partial charge on any atom is 0.351 e. The van der Waals surface area contributed by atoms with Crippen LogP contribution in [0, 0.1) is 12.3 Å². The second-order valence-corrected chi connectivity index (χ2v) is 4.14. The Hall–Kier alpha value is -2.21. The number of aliphatic hydroxyl groups is 2. The molecule has 1 saturated heterocycles.